The predicted octanol–water partition coefficient (Wildman–Crippen LogP) is 12.8. The zero-order valence-electron chi connectivity index (χ0n) is 44.1. The fraction of sp³-hybridized carbons (Fsp3) is 0.778. The molecule has 1 unspecified atom stereocenters. The van der Waals surface area contributed by atoms with E-state index in [1.54, 1.807) is 22.0 Å². The number of aryl methyl sites for hydroxylation is 1. The van der Waals surface area contributed by atoms with Gasteiger partial charge in [-0.05, 0) is 147 Å². The van der Waals surface area contributed by atoms with Crippen molar-refractivity contribution in [2.75, 3.05) is 12.3 Å². The molecule has 4 fully saturated rings. The maximum atomic E-state index is 12.9. The lowest BCUT2D eigenvalue weighted by atomic mass is 9.55. The van der Waals surface area contributed by atoms with Crippen molar-refractivity contribution < 1.29 is 32.6 Å². The number of carbonyl (C=O) groups excluding carboxylic acids is 1. The van der Waals surface area contributed by atoms with E-state index in [-0.39, 0.29) is 28.1 Å². The number of benzene rings is 1. The topological polar surface area (TPSA) is 142 Å². The largest absolute Gasteiger partial charge is 0.543 e. The second kappa shape index (κ2) is 19.6. The molecule has 3 aromatic rings. The molecule has 2 saturated heterocycles. The molecule has 4 heterocycles. The average Bonchev–Trinajstić information content (AvgIpc) is 3.98. The number of rotatable bonds is 18. The van der Waals surface area contributed by atoms with Gasteiger partial charge in [0.25, 0.3) is 0 Å². The van der Waals surface area contributed by atoms with Crippen LogP contribution in [0.25, 0.3) is 11.2 Å². The molecule has 0 amide bonds. The van der Waals surface area contributed by atoms with Gasteiger partial charge in [-0.25, -0.2) is 15.0 Å². The van der Waals surface area contributed by atoms with Crippen LogP contribution < -0.4 is 10.2 Å². The minimum atomic E-state index is -1.97. The van der Waals surface area contributed by atoms with Crippen LogP contribution in [0.15, 0.2) is 30.9 Å². The Hall–Kier alpha value is -2.89. The molecule has 2 aliphatic heterocycles. The summed E-state index contributed by atoms with van der Waals surface area (Å²) in [5.41, 5.74) is 10.5. The lowest BCUT2D eigenvalue weighted by Crippen LogP contribution is -2.51. The number of nitrogens with two attached hydrogens (primary N) is 1. The summed E-state index contributed by atoms with van der Waals surface area (Å²) in [7, 11) is -3.86. The Kier molecular flexibility index (Phi) is 14.8. The molecule has 2 saturated carbocycles. The summed E-state index contributed by atoms with van der Waals surface area (Å²) in [6, 6.07) is 7.17. The van der Waals surface area contributed by atoms with Crippen molar-refractivity contribution in [3.63, 3.8) is 0 Å². The Morgan fingerprint density at radius 3 is 2.25 bits per heavy atom. The van der Waals surface area contributed by atoms with Crippen LogP contribution in [0.5, 0.6) is 5.75 Å². The van der Waals surface area contributed by atoms with Crippen LogP contribution in [0.4, 0.5) is 5.82 Å². The van der Waals surface area contributed by atoms with Gasteiger partial charge in [-0.15, -0.1) is 0 Å². The minimum absolute atomic E-state index is 0.0913. The standard InChI is InChI=1S/C54H87N5O7Si2/c1-51(2,3)67(10,11)65-37-25-27-38-35(30-37)24-26-40-39(38)28-29-54(9)41(40)31-36(47(54)66-68(12,13)52(4,5)6)22-20-18-16-14-15-17-19-21-23-43(60)61-32-42-45-46(64-53(7,8)63-45)50(62-42)59-34-58-44-48(55)56-33-57-49(44)59/h25,27,30,33-34,36,39-42,45-47,50H,14-24,26,28-29,31-32H2,1-13H3,(H2,55,56,57)/t36?,39-,40-,41+,42-,45-,46-,47+,50-,54+/m1/s1. The maximum Gasteiger partial charge on any atom is 0.305 e. The van der Waals surface area contributed by atoms with Crippen LogP contribution >= 0.6 is 0 Å². The molecule has 10 atom stereocenters. The van der Waals surface area contributed by atoms with E-state index in [0.29, 0.717) is 41.3 Å². The van der Waals surface area contributed by atoms with Gasteiger partial charge in [0.05, 0.1) is 12.4 Å². The van der Waals surface area contributed by atoms with Crippen molar-refractivity contribution in [3.8, 4) is 5.75 Å². The number of hydrogen-bond acceptors (Lipinski definition) is 11. The predicted molar refractivity (Wildman–Crippen MR) is 274 cm³/mol. The van der Waals surface area contributed by atoms with Gasteiger partial charge >= 0.3 is 5.97 Å². The van der Waals surface area contributed by atoms with Gasteiger partial charge in [0, 0.05) is 6.42 Å². The van der Waals surface area contributed by atoms with Crippen LogP contribution in [0.3, 0.4) is 0 Å². The number of esters is 1. The molecule has 2 aromatic heterocycles. The number of imidazole rings is 1. The van der Waals surface area contributed by atoms with Crippen molar-refractivity contribution in [3.05, 3.63) is 42.0 Å². The third-order valence-electron chi connectivity index (χ3n) is 18.1. The first kappa shape index (κ1) is 51.5. The summed E-state index contributed by atoms with van der Waals surface area (Å²) in [5, 5.41) is 0.378. The van der Waals surface area contributed by atoms with Crippen LogP contribution in [0, 0.1) is 23.2 Å². The van der Waals surface area contributed by atoms with Crippen LogP contribution in [-0.2, 0) is 34.6 Å². The highest BCUT2D eigenvalue weighted by Crippen LogP contribution is 2.64. The normalized spacial score (nSPS) is 30.2. The molecule has 14 heteroatoms. The lowest BCUT2D eigenvalue weighted by molar-refractivity contribution is -0.202. The monoisotopic (exact) mass is 974 g/mol. The second-order valence-electron chi connectivity index (χ2n) is 25.2. The van der Waals surface area contributed by atoms with Crippen molar-refractivity contribution >= 4 is 39.6 Å². The summed E-state index contributed by atoms with van der Waals surface area (Å²) < 4.78 is 40.8. The first-order valence-corrected chi connectivity index (χ1v) is 32.3. The molecule has 2 N–H and O–H groups in total. The molecular formula is C54H87N5O7Si2. The quantitative estimate of drug-likeness (QED) is 0.0739. The smallest absolute Gasteiger partial charge is 0.305 e. The molecule has 8 rings (SSSR count). The highest BCUT2D eigenvalue weighted by atomic mass is 28.4. The molecule has 12 nitrogen and oxygen atoms in total. The molecule has 0 bridgehead atoms. The molecular weight excluding hydrogens is 887 g/mol. The lowest BCUT2D eigenvalue weighted by Gasteiger charge is -2.52. The fourth-order valence-electron chi connectivity index (χ4n) is 12.3. The number of unbranched alkanes of at least 4 members (excludes halogenated alkanes) is 7. The van der Waals surface area contributed by atoms with Gasteiger partial charge in [-0.3, -0.25) is 9.36 Å². The van der Waals surface area contributed by atoms with E-state index in [2.05, 4.69) is 108 Å². The van der Waals surface area contributed by atoms with Gasteiger partial charge in [-0.2, -0.15) is 0 Å². The zero-order chi connectivity index (χ0) is 49.0. The van der Waals surface area contributed by atoms with Crippen molar-refractivity contribution in [1.29, 1.82) is 0 Å². The molecule has 1 aromatic carbocycles. The number of nitrogen functional groups attached to an aromatic ring is 1. The van der Waals surface area contributed by atoms with E-state index in [9.17, 15) is 4.79 Å². The SMILES string of the molecule is CC1(C)O[C@@H]2[C@H](O1)[C@@H](COC(=O)CCCCCCCCCCC1C[C@H]3[C@@H]4CCc5cc(O[Si](C)(C)C(C)(C)C)ccc5[C@H]4CC[C@]3(C)[C@H]1O[Si](C)(C)C(C)(C)C)O[C@H]2n1cnc2c(N)ncnc21. The van der Waals surface area contributed by atoms with Gasteiger partial charge in [0.1, 0.15) is 42.5 Å². The van der Waals surface area contributed by atoms with Crippen molar-refractivity contribution in [2.45, 2.75) is 237 Å². The molecule has 0 radical (unpaired) electrons. The minimum Gasteiger partial charge on any atom is -0.543 e. The Morgan fingerprint density at radius 1 is 0.868 bits per heavy atom. The fourth-order valence-corrected chi connectivity index (χ4v) is 14.7. The average molecular weight is 974 g/mol. The first-order chi connectivity index (χ1) is 31.9. The third-order valence-corrected chi connectivity index (χ3v) is 26.9. The summed E-state index contributed by atoms with van der Waals surface area (Å²) in [4.78, 5) is 25.7. The number of ether oxygens (including phenoxy) is 4. The summed E-state index contributed by atoms with van der Waals surface area (Å²) in [6.07, 6.45) is 18.8. The van der Waals surface area contributed by atoms with Gasteiger partial charge in [-0.1, -0.05) is 99.5 Å². The summed E-state index contributed by atoms with van der Waals surface area (Å²) >= 11 is 0. The number of nitrogens with zero attached hydrogens (tertiary/aromatic N) is 4. The second-order valence-corrected chi connectivity index (χ2v) is 34.7. The van der Waals surface area contributed by atoms with E-state index in [1.165, 1.54) is 77.0 Å². The zero-order valence-corrected chi connectivity index (χ0v) is 46.1. The van der Waals surface area contributed by atoms with Crippen LogP contribution in [0.1, 0.15) is 175 Å². The first-order valence-electron chi connectivity index (χ1n) is 26.5. The van der Waals surface area contributed by atoms with E-state index in [1.807, 2.05) is 13.8 Å². The summed E-state index contributed by atoms with van der Waals surface area (Å²) in [6.45, 7) is 30.4. The Labute approximate surface area is 410 Å². The highest BCUT2D eigenvalue weighted by Gasteiger charge is 2.60. The van der Waals surface area contributed by atoms with E-state index < -0.39 is 47.0 Å². The Balaban J connectivity index is 0.773. The van der Waals surface area contributed by atoms with Gasteiger partial charge in [0.2, 0.25) is 8.32 Å². The molecule has 378 valence electrons. The molecule has 0 spiro atoms. The third kappa shape index (κ3) is 10.5. The number of hydrogen-bond donors (Lipinski definition) is 1. The Morgan fingerprint density at radius 2 is 1.54 bits per heavy atom. The maximum absolute atomic E-state index is 12.9. The number of carbonyl (C=O) groups is 1. The molecule has 5 aliphatic rings. The van der Waals surface area contributed by atoms with Crippen LogP contribution in [-0.4, -0.2) is 78.9 Å². The number of anilines is 1. The van der Waals surface area contributed by atoms with Gasteiger partial charge < -0.3 is 33.5 Å². The highest BCUT2D eigenvalue weighted by molar-refractivity contribution is 6.75. The van der Waals surface area contributed by atoms with Gasteiger partial charge in [0.15, 0.2) is 31.8 Å². The van der Waals surface area contributed by atoms with Crippen LogP contribution in [0.2, 0.25) is 36.3 Å². The van der Waals surface area contributed by atoms with E-state index in [0.717, 1.165) is 36.8 Å². The number of fused-ring (bicyclic) bond motifs is 7. The number of aromatic nitrogens is 4. The Bertz CT molecular complexity index is 2240. The van der Waals surface area contributed by atoms with Crippen molar-refractivity contribution in [2.24, 2.45) is 23.2 Å². The molecule has 68 heavy (non-hydrogen) atoms. The molecule has 3 aliphatic carbocycles. The van der Waals surface area contributed by atoms with E-state index >= 15 is 0 Å². The van der Waals surface area contributed by atoms with E-state index in [4.69, 9.17) is 33.5 Å². The van der Waals surface area contributed by atoms with Crippen molar-refractivity contribution in [1.82, 2.24) is 19.5 Å². The summed E-state index contributed by atoms with van der Waals surface area (Å²) in [5.74, 6) is 3.13.